The molecule has 35 heavy (non-hydrogen) atoms. The lowest BCUT2D eigenvalue weighted by molar-refractivity contribution is 0.407. The third kappa shape index (κ3) is 5.95. The van der Waals surface area contributed by atoms with Crippen LogP contribution < -0.4 is 14.8 Å². The first-order valence-electron chi connectivity index (χ1n) is 13.1. The van der Waals surface area contributed by atoms with Crippen LogP contribution in [-0.2, 0) is 18.1 Å². The first kappa shape index (κ1) is 27.3. The molecule has 0 N–H and O–H groups in total. The van der Waals surface area contributed by atoms with E-state index in [1.807, 2.05) is 0 Å². The maximum absolute atomic E-state index is 6.07. The third-order valence-electron chi connectivity index (χ3n) is 7.01. The van der Waals surface area contributed by atoms with Crippen molar-refractivity contribution in [2.75, 3.05) is 14.2 Å². The molecule has 2 aromatic carbocycles. The van der Waals surface area contributed by atoms with Gasteiger partial charge in [0.2, 0.25) is 0 Å². The summed E-state index contributed by atoms with van der Waals surface area (Å²) in [6.45, 7) is 13.8. The molecule has 0 fully saturated rings. The number of nitrogens with zero attached hydrogens (tertiary/aromatic N) is 1. The fraction of sp³-hybridized carbons (Fsp3) is 0.484. The van der Waals surface area contributed by atoms with Crippen LogP contribution in [0.25, 0.3) is 11.1 Å². The van der Waals surface area contributed by atoms with Crippen LogP contribution in [0.5, 0.6) is 11.5 Å². The zero-order valence-electron chi connectivity index (χ0n) is 23.0. The van der Waals surface area contributed by atoms with Crippen molar-refractivity contribution in [1.82, 2.24) is 4.57 Å². The van der Waals surface area contributed by atoms with Crippen LogP contribution in [0.2, 0.25) is 0 Å². The second-order valence-corrected chi connectivity index (χ2v) is 12.0. The quantitative estimate of drug-likeness (QED) is 0.237. The second-order valence-electron chi connectivity index (χ2n) is 10.0. The highest BCUT2D eigenvalue weighted by atomic mass is 31.1. The molecule has 3 nitrogen and oxygen atoms in total. The summed E-state index contributed by atoms with van der Waals surface area (Å²) in [7, 11) is 4.08. The molecule has 4 heteroatoms. The number of ether oxygens (including phenoxy) is 2. The minimum atomic E-state index is -0.0957. The Morgan fingerprint density at radius 1 is 0.886 bits per heavy atom. The van der Waals surface area contributed by atoms with Gasteiger partial charge in [0.25, 0.3) is 0 Å². The van der Waals surface area contributed by atoms with Crippen molar-refractivity contribution in [1.29, 1.82) is 0 Å². The van der Waals surface area contributed by atoms with E-state index in [1.54, 1.807) is 14.2 Å². The number of hydrogen-bond acceptors (Lipinski definition) is 2. The van der Waals surface area contributed by atoms with E-state index in [9.17, 15) is 0 Å². The Labute approximate surface area is 215 Å². The van der Waals surface area contributed by atoms with Crippen LogP contribution >= 0.6 is 8.58 Å². The highest BCUT2D eigenvalue weighted by Gasteiger charge is 2.29. The average Bonchev–Trinajstić information content (AvgIpc) is 3.40. The van der Waals surface area contributed by atoms with Crippen LogP contribution in [0.4, 0.5) is 0 Å². The van der Waals surface area contributed by atoms with Gasteiger partial charge in [-0.1, -0.05) is 61.3 Å². The predicted molar refractivity (Wildman–Crippen MR) is 153 cm³/mol. The summed E-state index contributed by atoms with van der Waals surface area (Å²) in [6.07, 6.45) is 9.86. The van der Waals surface area contributed by atoms with E-state index < -0.39 is 0 Å². The minimum absolute atomic E-state index is 0.0957. The Bertz CT molecular complexity index is 1100. The lowest BCUT2D eigenvalue weighted by Gasteiger charge is -2.31. The van der Waals surface area contributed by atoms with Gasteiger partial charge in [-0.15, -0.1) is 0 Å². The number of rotatable bonds is 12. The number of aryl methyl sites for hydroxylation is 2. The SMILES string of the molecule is CCCc1cc(CCC)c(-c2c(OC)ccc(OC)c2PC(C)(C)n2cccc2)c(C(C)CC)c1. The Balaban J connectivity index is 2.38. The molecule has 2 unspecified atom stereocenters. The molecular formula is C31H44NO2P. The molecule has 0 aliphatic carbocycles. The molecule has 0 aliphatic rings. The van der Waals surface area contributed by atoms with Gasteiger partial charge in [0, 0.05) is 23.3 Å². The van der Waals surface area contributed by atoms with E-state index in [0.717, 1.165) is 43.6 Å². The van der Waals surface area contributed by atoms with Crippen LogP contribution in [0.15, 0.2) is 48.8 Å². The molecule has 0 bridgehead atoms. The Morgan fingerprint density at radius 3 is 2.09 bits per heavy atom. The molecule has 190 valence electrons. The van der Waals surface area contributed by atoms with Crippen LogP contribution in [0.1, 0.15) is 83.4 Å². The summed E-state index contributed by atoms with van der Waals surface area (Å²) in [5.74, 6) is 2.33. The minimum Gasteiger partial charge on any atom is -0.496 e. The predicted octanol–water partition coefficient (Wildman–Crippen LogP) is 8.29. The normalized spacial score (nSPS) is 12.9. The monoisotopic (exact) mass is 493 g/mol. The van der Waals surface area contributed by atoms with E-state index in [0.29, 0.717) is 14.5 Å². The van der Waals surface area contributed by atoms with E-state index in [2.05, 4.69) is 94.9 Å². The lowest BCUT2D eigenvalue weighted by Crippen LogP contribution is -2.24. The summed E-state index contributed by atoms with van der Waals surface area (Å²) in [5.41, 5.74) is 6.91. The topological polar surface area (TPSA) is 23.4 Å². The molecule has 1 aromatic heterocycles. The highest BCUT2D eigenvalue weighted by Crippen LogP contribution is 2.47. The molecule has 0 radical (unpaired) electrons. The molecule has 2 atom stereocenters. The van der Waals surface area contributed by atoms with Gasteiger partial charge in [-0.05, 0) is 85.5 Å². The third-order valence-corrected chi connectivity index (χ3v) is 8.63. The fourth-order valence-corrected chi connectivity index (χ4v) is 6.53. The summed E-state index contributed by atoms with van der Waals surface area (Å²) in [4.78, 5) is 0. The van der Waals surface area contributed by atoms with Gasteiger partial charge >= 0.3 is 0 Å². The zero-order valence-corrected chi connectivity index (χ0v) is 24.0. The van der Waals surface area contributed by atoms with Crippen LogP contribution in [0.3, 0.4) is 0 Å². The number of aromatic nitrogens is 1. The number of methoxy groups -OCH3 is 2. The van der Waals surface area contributed by atoms with Gasteiger partial charge in [-0.3, -0.25) is 0 Å². The summed E-state index contributed by atoms with van der Waals surface area (Å²) < 4.78 is 14.4. The average molecular weight is 494 g/mol. The van der Waals surface area contributed by atoms with Gasteiger partial charge in [0.05, 0.1) is 19.5 Å². The smallest absolute Gasteiger partial charge is 0.127 e. The first-order valence-corrected chi connectivity index (χ1v) is 14.1. The van der Waals surface area contributed by atoms with Crippen molar-refractivity contribution in [3.63, 3.8) is 0 Å². The maximum atomic E-state index is 6.07. The molecule has 0 amide bonds. The van der Waals surface area contributed by atoms with E-state index in [4.69, 9.17) is 9.47 Å². The summed E-state index contributed by atoms with van der Waals surface area (Å²) in [5, 5.41) is 1.15. The molecule has 0 saturated heterocycles. The van der Waals surface area contributed by atoms with Crippen LogP contribution in [0, 0.1) is 0 Å². The van der Waals surface area contributed by atoms with Gasteiger partial charge in [0.1, 0.15) is 11.5 Å². The van der Waals surface area contributed by atoms with Crippen molar-refractivity contribution < 1.29 is 9.47 Å². The summed E-state index contributed by atoms with van der Waals surface area (Å²) >= 11 is 0. The van der Waals surface area contributed by atoms with E-state index in [1.165, 1.54) is 33.1 Å². The lowest BCUT2D eigenvalue weighted by atomic mass is 9.83. The molecule has 3 aromatic rings. The van der Waals surface area contributed by atoms with E-state index in [-0.39, 0.29) is 5.28 Å². The Kier molecular flexibility index (Phi) is 9.47. The van der Waals surface area contributed by atoms with E-state index >= 15 is 0 Å². The Morgan fingerprint density at radius 2 is 1.51 bits per heavy atom. The first-order chi connectivity index (χ1) is 16.8. The second kappa shape index (κ2) is 12.1. The molecule has 0 aliphatic heterocycles. The highest BCUT2D eigenvalue weighted by molar-refractivity contribution is 7.48. The largest absolute Gasteiger partial charge is 0.496 e. The van der Waals surface area contributed by atoms with Crippen molar-refractivity contribution in [2.24, 2.45) is 0 Å². The zero-order chi connectivity index (χ0) is 25.6. The maximum Gasteiger partial charge on any atom is 0.127 e. The fourth-order valence-electron chi connectivity index (χ4n) is 4.96. The van der Waals surface area contributed by atoms with Gasteiger partial charge < -0.3 is 14.0 Å². The van der Waals surface area contributed by atoms with Crippen molar-refractivity contribution >= 4 is 13.9 Å². The standard InChI is InChI=1S/C31H44NO2P/c1-9-14-23-20-24(15-10-2)28(25(21-23)22(4)11-3)29-26(33-7)16-17-27(34-8)30(29)35-31(5,6)32-18-12-13-19-32/h12-13,16-22,35H,9-11,14-15H2,1-8H3. The van der Waals surface area contributed by atoms with Crippen LogP contribution in [-0.4, -0.2) is 18.8 Å². The van der Waals surface area contributed by atoms with Crippen molar-refractivity contribution in [3.8, 4) is 22.6 Å². The number of hydrogen-bond donors (Lipinski definition) is 0. The summed E-state index contributed by atoms with van der Waals surface area (Å²) in [6, 6.07) is 13.3. The molecule has 1 heterocycles. The van der Waals surface area contributed by atoms with Gasteiger partial charge in [-0.2, -0.15) is 0 Å². The Hall–Kier alpha value is -2.25. The van der Waals surface area contributed by atoms with Crippen molar-refractivity contribution in [3.05, 3.63) is 65.5 Å². The molecule has 0 spiro atoms. The number of benzene rings is 2. The molecular weight excluding hydrogens is 449 g/mol. The van der Waals surface area contributed by atoms with Gasteiger partial charge in [-0.25, -0.2) is 0 Å². The van der Waals surface area contributed by atoms with Gasteiger partial charge in [0.15, 0.2) is 0 Å². The van der Waals surface area contributed by atoms with Crippen molar-refractivity contribution in [2.45, 2.75) is 84.8 Å². The molecule has 0 saturated carbocycles. The molecule has 3 rings (SSSR count).